The Bertz CT molecular complexity index is 1420. The number of benzene rings is 1. The van der Waals surface area contributed by atoms with Gasteiger partial charge in [0.25, 0.3) is 0 Å². The number of hydrogen-bond donors (Lipinski definition) is 3. The van der Waals surface area contributed by atoms with Gasteiger partial charge in [-0.25, -0.2) is 13.1 Å². The number of sulfonamides is 1. The quantitative estimate of drug-likeness (QED) is 0.424. The molecular weight excluding hydrogens is 556 g/mol. The molecule has 11 nitrogen and oxygen atoms in total. The van der Waals surface area contributed by atoms with E-state index in [1.807, 2.05) is 37.6 Å². The second-order valence-electron chi connectivity index (χ2n) is 12.4. The number of nitrogens with one attached hydrogen (secondary N) is 2. The molecule has 42 heavy (non-hydrogen) atoms. The SMILES string of the molecule is CCN1C(=O)[C@@H](CC2(O)CCCCC2)NC(=O)C12CCN(Cc1c(C)nn(-c3ccc(NS(C)(=O)=O)cc3)c1C)CC2. The molecule has 2 aromatic rings. The molecule has 2 amide bonds. The van der Waals surface area contributed by atoms with E-state index in [9.17, 15) is 23.1 Å². The summed E-state index contributed by atoms with van der Waals surface area (Å²) in [5.74, 6) is -0.169. The second kappa shape index (κ2) is 11.6. The van der Waals surface area contributed by atoms with Crippen LogP contribution in [0.2, 0.25) is 0 Å². The molecule has 1 atom stereocenters. The first-order valence-corrected chi connectivity index (χ1v) is 16.9. The zero-order valence-electron chi connectivity index (χ0n) is 25.1. The number of likely N-dealkylation sites (tertiary alicyclic amines) is 1. The fraction of sp³-hybridized carbons (Fsp3) is 0.633. The van der Waals surface area contributed by atoms with Crippen LogP contribution in [0, 0.1) is 13.8 Å². The highest BCUT2D eigenvalue weighted by molar-refractivity contribution is 7.92. The summed E-state index contributed by atoms with van der Waals surface area (Å²) in [6.45, 7) is 8.42. The van der Waals surface area contributed by atoms with Gasteiger partial charge in [-0.2, -0.15) is 5.10 Å². The lowest BCUT2D eigenvalue weighted by Gasteiger charge is -2.52. The van der Waals surface area contributed by atoms with Gasteiger partial charge in [-0.05, 0) is 70.7 Å². The number of carbonyl (C=O) groups is 2. The van der Waals surface area contributed by atoms with Gasteiger partial charge in [0.2, 0.25) is 21.8 Å². The standard InChI is InChI=1S/C30H44N6O5S/c1-5-35-27(37)26(19-29(39)13-7-6-8-14-29)31-28(38)30(35)15-17-34(18-16-30)20-25-21(2)32-36(22(25)3)24-11-9-23(10-12-24)33-42(4,40)41/h9-12,26,33,39H,5-8,13-20H2,1-4H3,(H,31,38)/t26-/m1/s1. The van der Waals surface area contributed by atoms with Crippen LogP contribution in [0.1, 0.15) is 75.2 Å². The van der Waals surface area contributed by atoms with Gasteiger partial charge >= 0.3 is 0 Å². The van der Waals surface area contributed by atoms with Crippen molar-refractivity contribution in [1.82, 2.24) is 24.9 Å². The number of rotatable bonds is 8. The number of carbonyl (C=O) groups excluding carboxylic acids is 2. The summed E-state index contributed by atoms with van der Waals surface area (Å²) in [6.07, 6.45) is 6.88. The Kier molecular flexibility index (Phi) is 8.43. The molecule has 2 aliphatic heterocycles. The molecule has 1 aromatic carbocycles. The zero-order valence-corrected chi connectivity index (χ0v) is 26.0. The first-order chi connectivity index (χ1) is 19.8. The Morgan fingerprint density at radius 3 is 2.29 bits per heavy atom. The second-order valence-corrected chi connectivity index (χ2v) is 14.1. The topological polar surface area (TPSA) is 137 Å². The lowest BCUT2D eigenvalue weighted by Crippen LogP contribution is -2.73. The smallest absolute Gasteiger partial charge is 0.246 e. The fourth-order valence-electron chi connectivity index (χ4n) is 7.11. The monoisotopic (exact) mass is 600 g/mol. The van der Waals surface area contributed by atoms with Crippen LogP contribution in [-0.4, -0.2) is 88.0 Å². The van der Waals surface area contributed by atoms with Crippen molar-refractivity contribution in [3.63, 3.8) is 0 Å². The Labute approximate surface area is 248 Å². The molecule has 12 heteroatoms. The van der Waals surface area contributed by atoms with Crippen LogP contribution in [0.15, 0.2) is 24.3 Å². The van der Waals surface area contributed by atoms with Crippen molar-refractivity contribution in [3.05, 3.63) is 41.2 Å². The number of piperazine rings is 1. The first kappa shape index (κ1) is 30.5. The Balaban J connectivity index is 1.25. The van der Waals surface area contributed by atoms with Gasteiger partial charge in [0, 0.05) is 49.5 Å². The molecule has 1 aromatic heterocycles. The third kappa shape index (κ3) is 6.07. The van der Waals surface area contributed by atoms with E-state index in [0.29, 0.717) is 57.5 Å². The van der Waals surface area contributed by atoms with Gasteiger partial charge in [-0.1, -0.05) is 19.3 Å². The minimum absolute atomic E-state index is 0.0738. The summed E-state index contributed by atoms with van der Waals surface area (Å²) in [6, 6.07) is 6.43. The molecule has 3 aliphatic rings. The molecule has 1 spiro atoms. The van der Waals surface area contributed by atoms with E-state index in [0.717, 1.165) is 48.2 Å². The number of hydrogen-bond acceptors (Lipinski definition) is 7. The third-order valence-corrected chi connectivity index (χ3v) is 10.0. The Morgan fingerprint density at radius 1 is 1.05 bits per heavy atom. The maximum Gasteiger partial charge on any atom is 0.246 e. The first-order valence-electron chi connectivity index (χ1n) is 15.0. The van der Waals surface area contributed by atoms with E-state index in [-0.39, 0.29) is 18.2 Å². The number of piperidine rings is 1. The van der Waals surface area contributed by atoms with Gasteiger partial charge in [0.15, 0.2) is 0 Å². The average Bonchev–Trinajstić information content (AvgIpc) is 3.21. The number of nitrogens with zero attached hydrogens (tertiary/aromatic N) is 4. The molecule has 3 heterocycles. The van der Waals surface area contributed by atoms with E-state index >= 15 is 0 Å². The largest absolute Gasteiger partial charge is 0.390 e. The molecule has 1 aliphatic carbocycles. The third-order valence-electron chi connectivity index (χ3n) is 9.41. The zero-order chi connectivity index (χ0) is 30.3. The van der Waals surface area contributed by atoms with Crippen LogP contribution in [0.25, 0.3) is 5.69 Å². The maximum atomic E-state index is 13.6. The summed E-state index contributed by atoms with van der Waals surface area (Å²) in [5, 5.41) is 18.9. The van der Waals surface area contributed by atoms with E-state index in [2.05, 4.69) is 14.9 Å². The van der Waals surface area contributed by atoms with E-state index in [1.165, 1.54) is 0 Å². The lowest BCUT2D eigenvalue weighted by atomic mass is 9.77. The molecule has 1 saturated carbocycles. The van der Waals surface area contributed by atoms with Crippen molar-refractivity contribution in [2.24, 2.45) is 0 Å². The van der Waals surface area contributed by atoms with Crippen molar-refractivity contribution in [2.75, 3.05) is 30.6 Å². The predicted octanol–water partition coefficient (Wildman–Crippen LogP) is 2.63. The molecule has 5 rings (SSSR count). The van der Waals surface area contributed by atoms with Crippen LogP contribution in [-0.2, 0) is 26.2 Å². The van der Waals surface area contributed by atoms with Crippen LogP contribution in [0.5, 0.6) is 0 Å². The van der Waals surface area contributed by atoms with Gasteiger partial charge in [-0.3, -0.25) is 19.2 Å². The van der Waals surface area contributed by atoms with Crippen LogP contribution < -0.4 is 10.0 Å². The summed E-state index contributed by atoms with van der Waals surface area (Å²) in [7, 11) is -3.35. The van der Waals surface area contributed by atoms with Crippen molar-refractivity contribution in [2.45, 2.75) is 95.9 Å². The van der Waals surface area contributed by atoms with Crippen LogP contribution >= 0.6 is 0 Å². The highest BCUT2D eigenvalue weighted by Crippen LogP contribution is 2.37. The van der Waals surface area contributed by atoms with Gasteiger partial charge in [0.1, 0.15) is 11.6 Å². The van der Waals surface area contributed by atoms with Crippen LogP contribution in [0.3, 0.4) is 0 Å². The lowest BCUT2D eigenvalue weighted by molar-refractivity contribution is -0.163. The molecule has 0 unspecified atom stereocenters. The highest BCUT2D eigenvalue weighted by Gasteiger charge is 2.54. The van der Waals surface area contributed by atoms with E-state index < -0.39 is 27.2 Å². The van der Waals surface area contributed by atoms with Gasteiger partial charge in [-0.15, -0.1) is 0 Å². The van der Waals surface area contributed by atoms with Crippen molar-refractivity contribution in [1.29, 1.82) is 0 Å². The van der Waals surface area contributed by atoms with Crippen molar-refractivity contribution < 1.29 is 23.1 Å². The summed E-state index contributed by atoms with van der Waals surface area (Å²) < 4.78 is 27.4. The Morgan fingerprint density at radius 2 is 1.69 bits per heavy atom. The minimum atomic E-state index is -3.35. The van der Waals surface area contributed by atoms with Gasteiger partial charge in [0.05, 0.1) is 23.2 Å². The number of aryl methyl sites for hydroxylation is 1. The van der Waals surface area contributed by atoms with E-state index in [1.54, 1.807) is 17.0 Å². The average molecular weight is 601 g/mol. The fourth-order valence-corrected chi connectivity index (χ4v) is 7.67. The predicted molar refractivity (Wildman–Crippen MR) is 161 cm³/mol. The number of likely N-dealkylation sites (N-methyl/N-ethyl adjacent to an activating group) is 1. The van der Waals surface area contributed by atoms with Crippen molar-refractivity contribution >= 4 is 27.5 Å². The van der Waals surface area contributed by atoms with Crippen LogP contribution in [0.4, 0.5) is 5.69 Å². The maximum absolute atomic E-state index is 13.6. The number of aromatic nitrogens is 2. The molecule has 0 bridgehead atoms. The van der Waals surface area contributed by atoms with Gasteiger partial charge < -0.3 is 15.3 Å². The summed E-state index contributed by atoms with van der Waals surface area (Å²) in [4.78, 5) is 31.3. The summed E-state index contributed by atoms with van der Waals surface area (Å²) in [5.41, 5.74) is 2.62. The summed E-state index contributed by atoms with van der Waals surface area (Å²) >= 11 is 0. The normalized spacial score (nSPS) is 22.8. The highest BCUT2D eigenvalue weighted by atomic mass is 32.2. The molecule has 2 saturated heterocycles. The number of anilines is 1. The number of amides is 2. The molecule has 230 valence electrons. The molecular formula is C30H44N6O5S. The van der Waals surface area contributed by atoms with Crippen molar-refractivity contribution in [3.8, 4) is 5.69 Å². The molecule has 0 radical (unpaired) electrons. The Hall–Kier alpha value is -2.96. The molecule has 3 N–H and O–H groups in total. The minimum Gasteiger partial charge on any atom is -0.390 e. The van der Waals surface area contributed by atoms with E-state index in [4.69, 9.17) is 5.10 Å². The number of aliphatic hydroxyl groups is 1. The molecule has 3 fully saturated rings.